The van der Waals surface area contributed by atoms with Crippen molar-refractivity contribution in [2.75, 3.05) is 26.2 Å². The first-order valence-electron chi connectivity index (χ1n) is 7.42. The van der Waals surface area contributed by atoms with Gasteiger partial charge in [-0.1, -0.05) is 20.3 Å². The Bertz CT molecular complexity index is 222. The summed E-state index contributed by atoms with van der Waals surface area (Å²) in [5.74, 6) is 0. The molecule has 100 valence electrons. The minimum Gasteiger partial charge on any atom is -0.374 e. The van der Waals surface area contributed by atoms with Gasteiger partial charge in [0, 0.05) is 25.2 Å². The van der Waals surface area contributed by atoms with Crippen LogP contribution in [0.2, 0.25) is 0 Å². The molecule has 2 rings (SSSR count). The third kappa shape index (κ3) is 3.67. The number of nitrogens with zero attached hydrogens (tertiary/aromatic N) is 1. The zero-order valence-electron chi connectivity index (χ0n) is 11.5. The van der Waals surface area contributed by atoms with Crippen LogP contribution in [0.5, 0.6) is 0 Å². The predicted molar refractivity (Wildman–Crippen MR) is 71.3 cm³/mol. The van der Waals surface area contributed by atoms with Crippen molar-refractivity contribution in [1.29, 1.82) is 0 Å². The molecule has 2 aliphatic rings. The Morgan fingerprint density at radius 1 is 1.41 bits per heavy atom. The molecule has 0 aromatic rings. The van der Waals surface area contributed by atoms with Gasteiger partial charge in [-0.05, 0) is 32.2 Å². The van der Waals surface area contributed by atoms with Crippen molar-refractivity contribution in [3.05, 3.63) is 0 Å². The highest BCUT2D eigenvalue weighted by atomic mass is 16.5. The number of ether oxygens (including phenoxy) is 1. The molecule has 0 aromatic carbocycles. The largest absolute Gasteiger partial charge is 0.374 e. The molecule has 2 heterocycles. The van der Waals surface area contributed by atoms with Gasteiger partial charge < -0.3 is 10.1 Å². The summed E-state index contributed by atoms with van der Waals surface area (Å²) in [6.45, 7) is 8.94. The highest BCUT2D eigenvalue weighted by molar-refractivity contribution is 4.86. The van der Waals surface area contributed by atoms with Crippen molar-refractivity contribution in [3.8, 4) is 0 Å². The maximum atomic E-state index is 5.96. The molecular formula is C14H28N2O. The fraction of sp³-hybridized carbons (Fsp3) is 1.00. The Morgan fingerprint density at radius 3 is 3.06 bits per heavy atom. The molecule has 3 heteroatoms. The van der Waals surface area contributed by atoms with Crippen LogP contribution < -0.4 is 5.32 Å². The zero-order valence-corrected chi connectivity index (χ0v) is 11.5. The van der Waals surface area contributed by atoms with Gasteiger partial charge in [0.25, 0.3) is 0 Å². The van der Waals surface area contributed by atoms with Gasteiger partial charge in [-0.25, -0.2) is 0 Å². The van der Waals surface area contributed by atoms with E-state index in [0.717, 1.165) is 25.7 Å². The fourth-order valence-electron chi connectivity index (χ4n) is 3.11. The van der Waals surface area contributed by atoms with Gasteiger partial charge in [-0.15, -0.1) is 0 Å². The number of nitrogens with one attached hydrogen (secondary N) is 1. The van der Waals surface area contributed by atoms with Crippen LogP contribution in [0.1, 0.15) is 46.0 Å². The summed E-state index contributed by atoms with van der Waals surface area (Å²) >= 11 is 0. The average Bonchev–Trinajstić information content (AvgIpc) is 2.81. The lowest BCUT2D eigenvalue weighted by Gasteiger charge is -2.36. The van der Waals surface area contributed by atoms with Crippen LogP contribution in [0.25, 0.3) is 0 Å². The molecule has 0 spiro atoms. The third-order valence-electron chi connectivity index (χ3n) is 4.23. The maximum absolute atomic E-state index is 5.96. The molecule has 3 nitrogen and oxygen atoms in total. The van der Waals surface area contributed by atoms with E-state index in [0.29, 0.717) is 12.1 Å². The Kier molecular flexibility index (Phi) is 5.26. The normalized spacial score (nSPS) is 31.4. The van der Waals surface area contributed by atoms with E-state index in [9.17, 15) is 0 Å². The minimum atomic E-state index is 0.412. The molecule has 1 N–H and O–H groups in total. The lowest BCUT2D eigenvalue weighted by molar-refractivity contribution is -0.0479. The molecule has 0 aliphatic carbocycles. The molecule has 2 saturated heterocycles. The van der Waals surface area contributed by atoms with E-state index >= 15 is 0 Å². The first-order valence-corrected chi connectivity index (χ1v) is 7.42. The number of hydrogen-bond donors (Lipinski definition) is 1. The number of hydrogen-bond acceptors (Lipinski definition) is 3. The lowest BCUT2D eigenvalue weighted by Crippen LogP contribution is -2.50. The van der Waals surface area contributed by atoms with Crippen molar-refractivity contribution in [1.82, 2.24) is 10.2 Å². The molecule has 2 fully saturated rings. The molecular weight excluding hydrogens is 212 g/mol. The molecule has 0 bridgehead atoms. The van der Waals surface area contributed by atoms with Gasteiger partial charge in [0.2, 0.25) is 0 Å². The SMILES string of the molecule is CCCC(CC)NCC1CN2CCCC2CO1. The quantitative estimate of drug-likeness (QED) is 0.769. The standard InChI is InChI=1S/C14H28N2O/c1-3-6-12(4-2)15-9-14-10-16-8-5-7-13(16)11-17-14/h12-15H,3-11H2,1-2H3. The van der Waals surface area contributed by atoms with E-state index in [2.05, 4.69) is 24.1 Å². The zero-order chi connectivity index (χ0) is 12.1. The Labute approximate surface area is 106 Å². The molecule has 3 unspecified atom stereocenters. The van der Waals surface area contributed by atoms with Gasteiger partial charge >= 0.3 is 0 Å². The van der Waals surface area contributed by atoms with E-state index in [-0.39, 0.29) is 0 Å². The van der Waals surface area contributed by atoms with Gasteiger partial charge in [0.05, 0.1) is 12.7 Å². The van der Waals surface area contributed by atoms with Crippen LogP contribution in [0.15, 0.2) is 0 Å². The van der Waals surface area contributed by atoms with Gasteiger partial charge in [-0.3, -0.25) is 4.90 Å². The van der Waals surface area contributed by atoms with Crippen LogP contribution in [-0.2, 0) is 4.74 Å². The first kappa shape index (κ1) is 13.3. The highest BCUT2D eigenvalue weighted by Crippen LogP contribution is 2.22. The van der Waals surface area contributed by atoms with Crippen molar-refractivity contribution in [2.24, 2.45) is 0 Å². The summed E-state index contributed by atoms with van der Waals surface area (Å²) in [5.41, 5.74) is 0. The lowest BCUT2D eigenvalue weighted by atomic mass is 10.1. The number of rotatable bonds is 6. The first-order chi connectivity index (χ1) is 8.33. The fourth-order valence-corrected chi connectivity index (χ4v) is 3.11. The number of fused-ring (bicyclic) bond motifs is 1. The van der Waals surface area contributed by atoms with E-state index in [1.165, 1.54) is 38.6 Å². The third-order valence-corrected chi connectivity index (χ3v) is 4.23. The monoisotopic (exact) mass is 240 g/mol. The topological polar surface area (TPSA) is 24.5 Å². The van der Waals surface area contributed by atoms with Crippen LogP contribution in [0, 0.1) is 0 Å². The van der Waals surface area contributed by atoms with E-state index in [4.69, 9.17) is 4.74 Å². The van der Waals surface area contributed by atoms with Crippen molar-refractivity contribution in [3.63, 3.8) is 0 Å². The maximum Gasteiger partial charge on any atom is 0.0827 e. The minimum absolute atomic E-state index is 0.412. The second-order valence-corrected chi connectivity index (χ2v) is 5.55. The van der Waals surface area contributed by atoms with Crippen molar-refractivity contribution >= 4 is 0 Å². The molecule has 2 aliphatic heterocycles. The summed E-state index contributed by atoms with van der Waals surface area (Å²) in [4.78, 5) is 2.62. The molecule has 0 radical (unpaired) electrons. The molecule has 17 heavy (non-hydrogen) atoms. The Hall–Kier alpha value is -0.120. The summed E-state index contributed by atoms with van der Waals surface area (Å²) in [6.07, 6.45) is 6.90. The Balaban J connectivity index is 1.69. The highest BCUT2D eigenvalue weighted by Gasteiger charge is 2.32. The van der Waals surface area contributed by atoms with E-state index in [1.54, 1.807) is 0 Å². The van der Waals surface area contributed by atoms with Crippen LogP contribution in [0.3, 0.4) is 0 Å². The summed E-state index contributed by atoms with van der Waals surface area (Å²) in [7, 11) is 0. The van der Waals surface area contributed by atoms with Crippen LogP contribution in [-0.4, -0.2) is 49.3 Å². The molecule has 0 aromatic heterocycles. The summed E-state index contributed by atoms with van der Waals surface area (Å²) in [6, 6.07) is 1.41. The number of morpholine rings is 1. The van der Waals surface area contributed by atoms with Crippen LogP contribution in [0.4, 0.5) is 0 Å². The van der Waals surface area contributed by atoms with Gasteiger partial charge in [-0.2, -0.15) is 0 Å². The van der Waals surface area contributed by atoms with Crippen molar-refractivity contribution < 1.29 is 4.74 Å². The van der Waals surface area contributed by atoms with E-state index in [1.807, 2.05) is 0 Å². The van der Waals surface area contributed by atoms with E-state index < -0.39 is 0 Å². The van der Waals surface area contributed by atoms with Gasteiger partial charge in [0.15, 0.2) is 0 Å². The van der Waals surface area contributed by atoms with Crippen molar-refractivity contribution in [2.45, 2.75) is 64.1 Å². The second kappa shape index (κ2) is 6.72. The summed E-state index contributed by atoms with van der Waals surface area (Å²) < 4.78 is 5.96. The predicted octanol–water partition coefficient (Wildman–Crippen LogP) is 2.02. The summed E-state index contributed by atoms with van der Waals surface area (Å²) in [5, 5.41) is 3.67. The second-order valence-electron chi connectivity index (χ2n) is 5.55. The smallest absolute Gasteiger partial charge is 0.0827 e. The van der Waals surface area contributed by atoms with Gasteiger partial charge in [0.1, 0.15) is 0 Å². The van der Waals surface area contributed by atoms with Crippen LogP contribution >= 0.6 is 0 Å². The average molecular weight is 240 g/mol. The molecule has 3 atom stereocenters. The molecule has 0 saturated carbocycles. The Morgan fingerprint density at radius 2 is 2.29 bits per heavy atom. The molecule has 0 amide bonds.